The molecule has 0 fully saturated rings. The molecule has 0 amide bonds. The van der Waals surface area contributed by atoms with E-state index in [1.165, 1.54) is 29.3 Å². The predicted octanol–water partition coefficient (Wildman–Crippen LogP) is 4.08. The minimum Gasteiger partial charge on any atom is -0.312 e. The van der Waals surface area contributed by atoms with E-state index in [0.717, 1.165) is 11.6 Å². The first-order valence-electron chi connectivity index (χ1n) is 6.56. The minimum absolute atomic E-state index is 0.0162. The van der Waals surface area contributed by atoms with Crippen molar-refractivity contribution >= 4 is 32.8 Å². The Bertz CT molecular complexity index is 994. The fourth-order valence-electron chi connectivity index (χ4n) is 2.38. The zero-order chi connectivity index (χ0) is 16.8. The smallest absolute Gasteiger partial charge is 0.220 e. The quantitative estimate of drug-likeness (QED) is 0.779. The van der Waals surface area contributed by atoms with E-state index in [9.17, 15) is 12.8 Å². The molecule has 1 aliphatic rings. The van der Waals surface area contributed by atoms with Gasteiger partial charge in [-0.05, 0) is 42.8 Å². The molecule has 23 heavy (non-hydrogen) atoms. The van der Waals surface area contributed by atoms with Crippen LogP contribution in [0, 0.1) is 24.1 Å². The Morgan fingerprint density at radius 2 is 1.91 bits per heavy atom. The van der Waals surface area contributed by atoms with E-state index in [4.69, 9.17) is 16.9 Å². The third-order valence-electron chi connectivity index (χ3n) is 3.48. The van der Waals surface area contributed by atoms with Gasteiger partial charge in [0.15, 0.2) is 4.91 Å². The molecule has 0 spiro atoms. The molecule has 0 saturated heterocycles. The molecule has 3 rings (SSSR count). The number of hydrogen-bond donors (Lipinski definition) is 0. The highest BCUT2D eigenvalue weighted by atomic mass is 35.5. The van der Waals surface area contributed by atoms with Crippen LogP contribution in [0.2, 0.25) is 5.02 Å². The number of sulfone groups is 1. The van der Waals surface area contributed by atoms with Crippen LogP contribution in [-0.2, 0) is 9.84 Å². The summed E-state index contributed by atoms with van der Waals surface area (Å²) < 4.78 is 38.2. The molecule has 4 nitrogen and oxygen atoms in total. The van der Waals surface area contributed by atoms with Gasteiger partial charge in [0.1, 0.15) is 11.9 Å². The van der Waals surface area contributed by atoms with Gasteiger partial charge in [-0.3, -0.25) is 0 Å². The van der Waals surface area contributed by atoms with Crippen LogP contribution in [0.15, 0.2) is 52.4 Å². The maximum atomic E-state index is 13.3. The average molecular weight is 349 g/mol. The third-order valence-corrected chi connectivity index (χ3v) is 5.48. The molecule has 1 aliphatic heterocycles. The van der Waals surface area contributed by atoms with Gasteiger partial charge < -0.3 is 4.90 Å². The van der Waals surface area contributed by atoms with E-state index in [2.05, 4.69) is 0 Å². The molecule has 0 N–H and O–H groups in total. The molecule has 0 atom stereocenters. The molecule has 116 valence electrons. The molecule has 0 aliphatic carbocycles. The maximum Gasteiger partial charge on any atom is 0.220 e. The summed E-state index contributed by atoms with van der Waals surface area (Å²) in [6, 6.07) is 10.3. The van der Waals surface area contributed by atoms with Crippen LogP contribution in [0.25, 0.3) is 0 Å². The molecule has 7 heteroatoms. The summed E-state index contributed by atoms with van der Waals surface area (Å²) in [7, 11) is -3.87. The van der Waals surface area contributed by atoms with Crippen molar-refractivity contribution in [1.82, 2.24) is 0 Å². The third kappa shape index (κ3) is 2.48. The van der Waals surface area contributed by atoms with Crippen molar-refractivity contribution in [2.75, 3.05) is 4.90 Å². The van der Waals surface area contributed by atoms with Crippen LogP contribution in [0.3, 0.4) is 0 Å². The van der Waals surface area contributed by atoms with E-state index in [0.29, 0.717) is 11.4 Å². The van der Waals surface area contributed by atoms with Crippen molar-refractivity contribution < 1.29 is 12.8 Å². The van der Waals surface area contributed by atoms with Gasteiger partial charge in [0, 0.05) is 6.20 Å². The molecule has 0 unspecified atom stereocenters. The number of benzene rings is 2. The summed E-state index contributed by atoms with van der Waals surface area (Å²) in [6.45, 7) is 1.82. The predicted molar refractivity (Wildman–Crippen MR) is 85.6 cm³/mol. The fraction of sp³-hybridized carbons (Fsp3) is 0.0625. The average Bonchev–Trinajstić information content (AvgIpc) is 2.48. The van der Waals surface area contributed by atoms with Crippen LogP contribution in [-0.4, -0.2) is 8.42 Å². The standard InChI is InChI=1S/C16H10ClFN2O2S/c1-10-2-5-16-15(6-10)20(9-12(8-19)23(16,21)22)14-4-3-11(18)7-13(14)17/h2-7,9H,1H3. The highest BCUT2D eigenvalue weighted by molar-refractivity contribution is 7.95. The molecule has 2 aromatic carbocycles. The van der Waals surface area contributed by atoms with E-state index in [1.807, 2.05) is 6.92 Å². The van der Waals surface area contributed by atoms with Crippen molar-refractivity contribution in [2.45, 2.75) is 11.8 Å². The maximum absolute atomic E-state index is 13.3. The number of nitriles is 1. The highest BCUT2D eigenvalue weighted by Crippen LogP contribution is 2.42. The van der Waals surface area contributed by atoms with Gasteiger partial charge in [-0.15, -0.1) is 0 Å². The zero-order valence-corrected chi connectivity index (χ0v) is 13.5. The largest absolute Gasteiger partial charge is 0.312 e. The first-order valence-corrected chi connectivity index (χ1v) is 8.42. The second kappa shape index (κ2) is 5.37. The Hall–Kier alpha value is -2.36. The van der Waals surface area contributed by atoms with E-state index >= 15 is 0 Å². The lowest BCUT2D eigenvalue weighted by Crippen LogP contribution is -2.21. The summed E-state index contributed by atoms with van der Waals surface area (Å²) in [5.41, 5.74) is 1.61. The summed E-state index contributed by atoms with van der Waals surface area (Å²) in [6.07, 6.45) is 1.20. The number of fused-ring (bicyclic) bond motifs is 1. The number of hydrogen-bond acceptors (Lipinski definition) is 4. The Kier molecular flexibility index (Phi) is 3.63. The molecule has 0 aromatic heterocycles. The van der Waals surface area contributed by atoms with Crippen LogP contribution in [0.4, 0.5) is 15.8 Å². The number of nitrogens with zero attached hydrogens (tertiary/aromatic N) is 2. The van der Waals surface area contributed by atoms with Crippen LogP contribution in [0.5, 0.6) is 0 Å². The second-order valence-corrected chi connectivity index (χ2v) is 7.34. The summed E-state index contributed by atoms with van der Waals surface area (Å²) in [4.78, 5) is 1.11. The van der Waals surface area contributed by atoms with Crippen LogP contribution >= 0.6 is 11.6 Å². The summed E-state index contributed by atoms with van der Waals surface area (Å²) in [5.74, 6) is -0.502. The molecular formula is C16H10ClFN2O2S. The molecule has 1 heterocycles. The van der Waals surface area contributed by atoms with Crippen molar-refractivity contribution in [3.63, 3.8) is 0 Å². The number of anilines is 2. The van der Waals surface area contributed by atoms with Gasteiger partial charge >= 0.3 is 0 Å². The Morgan fingerprint density at radius 3 is 2.57 bits per heavy atom. The fourth-order valence-corrected chi connectivity index (χ4v) is 3.92. The highest BCUT2D eigenvalue weighted by Gasteiger charge is 2.32. The number of rotatable bonds is 1. The van der Waals surface area contributed by atoms with Gasteiger partial charge in [-0.1, -0.05) is 17.7 Å². The molecule has 0 radical (unpaired) electrons. The zero-order valence-electron chi connectivity index (χ0n) is 11.9. The first-order chi connectivity index (χ1) is 10.8. The van der Waals surface area contributed by atoms with Crippen LogP contribution < -0.4 is 4.90 Å². The Morgan fingerprint density at radius 1 is 1.17 bits per heavy atom. The Balaban J connectivity index is 2.33. The van der Waals surface area contributed by atoms with Crippen LogP contribution in [0.1, 0.15) is 5.56 Å². The first kappa shape index (κ1) is 15.5. The van der Waals surface area contributed by atoms with Crippen molar-refractivity contribution in [1.29, 1.82) is 5.26 Å². The van der Waals surface area contributed by atoms with E-state index in [1.54, 1.807) is 18.2 Å². The lowest BCUT2D eigenvalue weighted by molar-refractivity contribution is 0.602. The van der Waals surface area contributed by atoms with Gasteiger partial charge in [0.2, 0.25) is 9.84 Å². The second-order valence-electron chi connectivity index (χ2n) is 5.05. The van der Waals surface area contributed by atoms with Gasteiger partial charge in [0.05, 0.1) is 21.3 Å². The molecule has 0 bridgehead atoms. The monoisotopic (exact) mass is 348 g/mol. The molecule has 2 aromatic rings. The van der Waals surface area contributed by atoms with Gasteiger partial charge in [0.25, 0.3) is 0 Å². The van der Waals surface area contributed by atoms with Crippen molar-refractivity contribution in [3.8, 4) is 6.07 Å². The Labute approximate surface area is 137 Å². The van der Waals surface area contributed by atoms with E-state index in [-0.39, 0.29) is 9.92 Å². The molecule has 0 saturated carbocycles. The molecular weight excluding hydrogens is 339 g/mol. The SMILES string of the molecule is Cc1ccc2c(c1)N(c1ccc(F)cc1Cl)C=C(C#N)S2(=O)=O. The number of aryl methyl sites for hydroxylation is 1. The number of halogens is 2. The van der Waals surface area contributed by atoms with Crippen molar-refractivity contribution in [2.24, 2.45) is 0 Å². The van der Waals surface area contributed by atoms with Crippen molar-refractivity contribution in [3.05, 3.63) is 63.9 Å². The lowest BCUT2D eigenvalue weighted by Gasteiger charge is -2.28. The lowest BCUT2D eigenvalue weighted by atomic mass is 10.2. The van der Waals surface area contributed by atoms with Gasteiger partial charge in [-0.2, -0.15) is 5.26 Å². The normalized spacial score (nSPS) is 15.6. The minimum atomic E-state index is -3.87. The van der Waals surface area contributed by atoms with Gasteiger partial charge in [-0.25, -0.2) is 12.8 Å². The topological polar surface area (TPSA) is 61.2 Å². The number of allylic oxidation sites excluding steroid dienone is 1. The summed E-state index contributed by atoms with van der Waals surface area (Å²) >= 11 is 6.09. The summed E-state index contributed by atoms with van der Waals surface area (Å²) in [5, 5.41) is 9.28. The van der Waals surface area contributed by atoms with E-state index < -0.39 is 20.6 Å².